The molecule has 0 heterocycles. The van der Waals surface area contributed by atoms with E-state index in [9.17, 15) is 8.78 Å². The van der Waals surface area contributed by atoms with E-state index < -0.39 is 11.6 Å². The van der Waals surface area contributed by atoms with Gasteiger partial charge >= 0.3 is 0 Å². The van der Waals surface area contributed by atoms with Crippen molar-refractivity contribution in [1.82, 2.24) is 0 Å². The third-order valence-electron chi connectivity index (χ3n) is 6.82. The minimum Gasteiger partial charge on any atom is -0.204 e. The maximum absolute atomic E-state index is 14.2. The average Bonchev–Trinajstić information content (AvgIpc) is 2.64. The molecule has 0 nitrogen and oxygen atoms in total. The van der Waals surface area contributed by atoms with Gasteiger partial charge in [-0.3, -0.25) is 0 Å². The first-order valence-electron chi connectivity index (χ1n) is 10.0. The van der Waals surface area contributed by atoms with Gasteiger partial charge in [-0.05, 0) is 78.9 Å². The quantitative estimate of drug-likeness (QED) is 0.552. The lowest BCUT2D eigenvalue weighted by atomic mass is 9.63. The van der Waals surface area contributed by atoms with Crippen molar-refractivity contribution in [1.29, 1.82) is 0 Å². The lowest BCUT2D eigenvalue weighted by molar-refractivity contribution is 0.114. The Kier molecular flexibility index (Phi) is 4.80. The van der Waals surface area contributed by atoms with Crippen LogP contribution in [0.2, 0.25) is 0 Å². The normalized spacial score (nSPS) is 29.6. The molecular formula is C23H28F2. The number of hydrogen-bond acceptors (Lipinski definition) is 0. The molecular weight excluding hydrogens is 314 g/mol. The summed E-state index contributed by atoms with van der Waals surface area (Å²) in [7, 11) is 0. The summed E-state index contributed by atoms with van der Waals surface area (Å²) >= 11 is 0. The number of halogens is 2. The van der Waals surface area contributed by atoms with E-state index in [0.29, 0.717) is 11.3 Å². The molecule has 2 saturated carbocycles. The van der Waals surface area contributed by atoms with Crippen LogP contribution >= 0.6 is 0 Å². The SMILES string of the molecule is CCCC1CCC2CC(c3ccc4ccc(F)c(F)c4c3)CCC2C1. The zero-order chi connectivity index (χ0) is 17.4. The number of rotatable bonds is 3. The highest BCUT2D eigenvalue weighted by Crippen LogP contribution is 2.48. The predicted molar refractivity (Wildman–Crippen MR) is 99.7 cm³/mol. The van der Waals surface area contributed by atoms with Crippen LogP contribution in [0.25, 0.3) is 10.8 Å². The summed E-state index contributed by atoms with van der Waals surface area (Å²) in [6, 6.07) is 8.88. The molecule has 4 rings (SSSR count). The van der Waals surface area contributed by atoms with Crippen LogP contribution in [0.1, 0.15) is 69.8 Å². The van der Waals surface area contributed by atoms with E-state index in [1.165, 1.54) is 63.0 Å². The summed E-state index contributed by atoms with van der Waals surface area (Å²) in [5.41, 5.74) is 1.20. The summed E-state index contributed by atoms with van der Waals surface area (Å²) in [5, 5.41) is 1.22. The molecule has 2 aromatic carbocycles. The van der Waals surface area contributed by atoms with Crippen molar-refractivity contribution in [2.24, 2.45) is 17.8 Å². The number of fused-ring (bicyclic) bond motifs is 2. The minimum absolute atomic E-state index is 0.436. The molecule has 134 valence electrons. The van der Waals surface area contributed by atoms with Gasteiger partial charge in [0.2, 0.25) is 0 Å². The maximum atomic E-state index is 14.2. The van der Waals surface area contributed by atoms with E-state index in [-0.39, 0.29) is 0 Å². The van der Waals surface area contributed by atoms with Crippen LogP contribution in [-0.2, 0) is 0 Å². The van der Waals surface area contributed by atoms with Crippen molar-refractivity contribution >= 4 is 10.8 Å². The second-order valence-electron chi connectivity index (χ2n) is 8.34. The molecule has 2 aliphatic carbocycles. The third-order valence-corrected chi connectivity index (χ3v) is 6.82. The monoisotopic (exact) mass is 342 g/mol. The van der Waals surface area contributed by atoms with Crippen LogP contribution in [0.3, 0.4) is 0 Å². The molecule has 0 bridgehead atoms. The van der Waals surface area contributed by atoms with Crippen molar-refractivity contribution in [2.45, 2.75) is 64.2 Å². The van der Waals surface area contributed by atoms with Gasteiger partial charge in [-0.1, -0.05) is 44.4 Å². The molecule has 0 aliphatic heterocycles. The molecule has 0 N–H and O–H groups in total. The van der Waals surface area contributed by atoms with Gasteiger partial charge in [-0.15, -0.1) is 0 Å². The highest BCUT2D eigenvalue weighted by molar-refractivity contribution is 5.84. The summed E-state index contributed by atoms with van der Waals surface area (Å²) < 4.78 is 27.7. The fourth-order valence-corrected chi connectivity index (χ4v) is 5.49. The van der Waals surface area contributed by atoms with Crippen LogP contribution in [0.4, 0.5) is 8.78 Å². The van der Waals surface area contributed by atoms with Crippen LogP contribution in [0, 0.1) is 29.4 Å². The second kappa shape index (κ2) is 7.05. The Bertz CT molecular complexity index is 751. The van der Waals surface area contributed by atoms with Gasteiger partial charge in [-0.2, -0.15) is 0 Å². The largest absolute Gasteiger partial charge is 0.204 e. The second-order valence-corrected chi connectivity index (χ2v) is 8.34. The van der Waals surface area contributed by atoms with Gasteiger partial charge in [0.15, 0.2) is 11.6 Å². The van der Waals surface area contributed by atoms with E-state index in [4.69, 9.17) is 0 Å². The molecule has 2 aliphatic rings. The molecule has 0 radical (unpaired) electrons. The van der Waals surface area contributed by atoms with Crippen LogP contribution in [0.5, 0.6) is 0 Å². The van der Waals surface area contributed by atoms with Crippen LogP contribution in [-0.4, -0.2) is 0 Å². The van der Waals surface area contributed by atoms with Crippen molar-refractivity contribution in [3.63, 3.8) is 0 Å². The van der Waals surface area contributed by atoms with E-state index in [1.807, 2.05) is 12.1 Å². The van der Waals surface area contributed by atoms with E-state index >= 15 is 0 Å². The summed E-state index contributed by atoms with van der Waals surface area (Å²) in [5.74, 6) is 1.74. The maximum Gasteiger partial charge on any atom is 0.166 e. The fraction of sp³-hybridized carbons (Fsp3) is 0.565. The molecule has 25 heavy (non-hydrogen) atoms. The Labute approximate surface area is 149 Å². The highest BCUT2D eigenvalue weighted by atomic mass is 19.2. The van der Waals surface area contributed by atoms with Gasteiger partial charge in [0.05, 0.1) is 0 Å². The van der Waals surface area contributed by atoms with Crippen LogP contribution < -0.4 is 0 Å². The minimum atomic E-state index is -0.748. The van der Waals surface area contributed by atoms with Gasteiger partial charge in [0.25, 0.3) is 0 Å². The van der Waals surface area contributed by atoms with Crippen LogP contribution in [0.15, 0.2) is 30.3 Å². The van der Waals surface area contributed by atoms with E-state index in [0.717, 1.165) is 23.1 Å². The summed E-state index contributed by atoms with van der Waals surface area (Å²) in [6.45, 7) is 2.30. The van der Waals surface area contributed by atoms with Crippen molar-refractivity contribution in [3.8, 4) is 0 Å². The van der Waals surface area contributed by atoms with Crippen molar-refractivity contribution in [3.05, 3.63) is 47.5 Å². The zero-order valence-corrected chi connectivity index (χ0v) is 15.1. The first-order chi connectivity index (χ1) is 12.2. The average molecular weight is 342 g/mol. The predicted octanol–water partition coefficient (Wildman–Crippen LogP) is 7.22. The van der Waals surface area contributed by atoms with Gasteiger partial charge in [-0.25, -0.2) is 8.78 Å². The van der Waals surface area contributed by atoms with Crippen molar-refractivity contribution < 1.29 is 8.78 Å². The first-order valence-corrected chi connectivity index (χ1v) is 10.0. The van der Waals surface area contributed by atoms with E-state index in [1.54, 1.807) is 6.07 Å². The third kappa shape index (κ3) is 3.32. The number of hydrogen-bond donors (Lipinski definition) is 0. The lowest BCUT2D eigenvalue weighted by Crippen LogP contribution is -2.30. The Balaban J connectivity index is 1.52. The Hall–Kier alpha value is -1.44. The molecule has 4 atom stereocenters. The fourth-order valence-electron chi connectivity index (χ4n) is 5.49. The summed E-state index contributed by atoms with van der Waals surface area (Å²) in [6.07, 6.45) is 10.6. The van der Waals surface area contributed by atoms with E-state index in [2.05, 4.69) is 13.0 Å². The molecule has 0 amide bonds. The van der Waals surface area contributed by atoms with Gasteiger partial charge in [0, 0.05) is 5.39 Å². The highest BCUT2D eigenvalue weighted by Gasteiger charge is 2.35. The Morgan fingerprint density at radius 1 is 0.920 bits per heavy atom. The molecule has 4 unspecified atom stereocenters. The number of benzene rings is 2. The standard InChI is InChI=1S/C23H28F2/c1-2-3-15-4-5-18-13-19(9-8-17(18)12-15)20-7-6-16-10-11-22(24)23(25)21(16)14-20/h6-7,10-11,14-15,17-19H,2-5,8-9,12-13H2,1H3. The zero-order valence-electron chi connectivity index (χ0n) is 15.1. The van der Waals surface area contributed by atoms with Gasteiger partial charge in [0.1, 0.15) is 0 Å². The molecule has 2 fully saturated rings. The summed E-state index contributed by atoms with van der Waals surface area (Å²) in [4.78, 5) is 0. The topological polar surface area (TPSA) is 0 Å². The first kappa shape index (κ1) is 17.0. The smallest absolute Gasteiger partial charge is 0.166 e. The van der Waals surface area contributed by atoms with Crippen molar-refractivity contribution in [2.75, 3.05) is 0 Å². The molecule has 0 spiro atoms. The Morgan fingerprint density at radius 2 is 1.68 bits per heavy atom. The molecule has 0 aromatic heterocycles. The molecule has 2 heteroatoms. The lowest BCUT2D eigenvalue weighted by Gasteiger charge is -2.42. The molecule has 0 saturated heterocycles. The molecule has 2 aromatic rings. The van der Waals surface area contributed by atoms with Gasteiger partial charge < -0.3 is 0 Å². The Morgan fingerprint density at radius 3 is 2.52 bits per heavy atom.